The minimum Gasteiger partial charge on any atom is -0.477 e. The summed E-state index contributed by atoms with van der Waals surface area (Å²) in [5.41, 5.74) is 0.126. The highest BCUT2D eigenvalue weighted by atomic mass is 16.4. The number of carboxylic acids is 1. The summed E-state index contributed by atoms with van der Waals surface area (Å²) >= 11 is 0. The van der Waals surface area contributed by atoms with Crippen LogP contribution in [0.5, 0.6) is 0 Å². The second-order valence-corrected chi connectivity index (χ2v) is 3.08. The van der Waals surface area contributed by atoms with E-state index in [1.165, 1.54) is 6.20 Å². The molecule has 0 unspecified atom stereocenters. The molecule has 72 valence electrons. The minimum atomic E-state index is -0.983. The quantitative estimate of drug-likeness (QED) is 0.639. The predicted octanol–water partition coefficient (Wildman–Crippen LogP) is 0.606. The Morgan fingerprint density at radius 1 is 1.77 bits per heavy atom. The number of aromatic carboxylic acids is 1. The molecule has 1 aromatic rings. The van der Waals surface area contributed by atoms with Crippen LogP contribution in [0.25, 0.3) is 0 Å². The average Bonchev–Trinajstić information content (AvgIpc) is 2.48. The maximum absolute atomic E-state index is 10.5. The molecule has 13 heavy (non-hydrogen) atoms. The van der Waals surface area contributed by atoms with Crippen molar-refractivity contribution in [1.29, 1.82) is 0 Å². The first-order valence-electron chi connectivity index (χ1n) is 4.10. The maximum atomic E-state index is 10.5. The average molecular weight is 183 g/mol. The molecule has 1 aromatic heterocycles. The van der Waals surface area contributed by atoms with Gasteiger partial charge in [-0.2, -0.15) is 0 Å². The van der Waals surface area contributed by atoms with Gasteiger partial charge in [0.15, 0.2) is 0 Å². The topological polar surface area (TPSA) is 78.0 Å². The Kier molecular flexibility index (Phi) is 3.02. The third-order valence-electron chi connectivity index (χ3n) is 1.54. The number of imidazole rings is 1. The van der Waals surface area contributed by atoms with E-state index in [-0.39, 0.29) is 5.69 Å². The number of H-pyrrole nitrogens is 1. The Labute approximate surface area is 76.2 Å². The van der Waals surface area contributed by atoms with Crippen LogP contribution in [-0.4, -0.2) is 27.1 Å². The summed E-state index contributed by atoms with van der Waals surface area (Å²) < 4.78 is 0. The van der Waals surface area contributed by atoms with Gasteiger partial charge in [0, 0.05) is 6.04 Å². The van der Waals surface area contributed by atoms with E-state index in [1.807, 2.05) is 13.8 Å². The molecule has 3 N–H and O–H groups in total. The van der Waals surface area contributed by atoms with E-state index in [2.05, 4.69) is 15.3 Å². The molecule has 0 atom stereocenters. The lowest BCUT2D eigenvalue weighted by atomic mass is 10.4. The third-order valence-corrected chi connectivity index (χ3v) is 1.54. The Morgan fingerprint density at radius 3 is 2.92 bits per heavy atom. The molecule has 0 spiro atoms. The molecule has 0 aliphatic heterocycles. The van der Waals surface area contributed by atoms with Gasteiger partial charge in [-0.25, -0.2) is 9.78 Å². The van der Waals surface area contributed by atoms with E-state index in [9.17, 15) is 4.79 Å². The van der Waals surface area contributed by atoms with Gasteiger partial charge < -0.3 is 15.4 Å². The van der Waals surface area contributed by atoms with Gasteiger partial charge in [0.1, 0.15) is 11.5 Å². The smallest absolute Gasteiger partial charge is 0.353 e. The van der Waals surface area contributed by atoms with Gasteiger partial charge in [-0.15, -0.1) is 0 Å². The van der Waals surface area contributed by atoms with E-state index in [4.69, 9.17) is 5.11 Å². The number of carbonyl (C=O) groups is 1. The molecule has 0 aliphatic carbocycles. The lowest BCUT2D eigenvalue weighted by Gasteiger charge is -2.04. The van der Waals surface area contributed by atoms with Crippen LogP contribution in [0, 0.1) is 0 Å². The number of rotatable bonds is 4. The van der Waals surface area contributed by atoms with Gasteiger partial charge >= 0.3 is 5.97 Å². The van der Waals surface area contributed by atoms with Gasteiger partial charge in [0.05, 0.1) is 12.7 Å². The van der Waals surface area contributed by atoms with Crippen LogP contribution in [0.4, 0.5) is 0 Å². The highest BCUT2D eigenvalue weighted by Gasteiger charge is 2.06. The molecule has 0 saturated carbocycles. The predicted molar refractivity (Wildman–Crippen MR) is 47.5 cm³/mol. The number of nitrogens with zero attached hydrogens (tertiary/aromatic N) is 1. The van der Waals surface area contributed by atoms with Gasteiger partial charge in [0.2, 0.25) is 0 Å². The lowest BCUT2D eigenvalue weighted by molar-refractivity contribution is 0.0691. The number of aromatic nitrogens is 2. The van der Waals surface area contributed by atoms with Crippen LogP contribution in [0.15, 0.2) is 6.20 Å². The van der Waals surface area contributed by atoms with E-state index in [1.54, 1.807) is 0 Å². The van der Waals surface area contributed by atoms with Gasteiger partial charge in [-0.3, -0.25) is 0 Å². The number of hydrogen-bond donors (Lipinski definition) is 3. The zero-order valence-corrected chi connectivity index (χ0v) is 7.66. The number of hydrogen-bond acceptors (Lipinski definition) is 3. The second kappa shape index (κ2) is 4.04. The van der Waals surface area contributed by atoms with Crippen molar-refractivity contribution in [3.63, 3.8) is 0 Å². The van der Waals surface area contributed by atoms with Crippen LogP contribution in [-0.2, 0) is 6.54 Å². The summed E-state index contributed by atoms with van der Waals surface area (Å²) in [6, 6.07) is 0.360. The van der Waals surface area contributed by atoms with Crippen molar-refractivity contribution in [1.82, 2.24) is 15.3 Å². The molecular formula is C8H13N3O2. The van der Waals surface area contributed by atoms with Gasteiger partial charge in [-0.05, 0) is 0 Å². The zero-order chi connectivity index (χ0) is 9.84. The number of carboxylic acid groups (broad SMARTS) is 1. The van der Waals surface area contributed by atoms with Crippen molar-refractivity contribution < 1.29 is 9.90 Å². The van der Waals surface area contributed by atoms with Gasteiger partial charge in [-0.1, -0.05) is 13.8 Å². The monoisotopic (exact) mass is 183 g/mol. The summed E-state index contributed by atoms with van der Waals surface area (Å²) in [5, 5.41) is 11.7. The number of nitrogens with one attached hydrogen (secondary N) is 2. The van der Waals surface area contributed by atoms with Crippen molar-refractivity contribution in [2.75, 3.05) is 0 Å². The Hall–Kier alpha value is -1.36. The third kappa shape index (κ3) is 2.87. The normalized spacial score (nSPS) is 10.7. The molecule has 1 rings (SSSR count). The first kappa shape index (κ1) is 9.73. The fourth-order valence-electron chi connectivity index (χ4n) is 0.862. The highest BCUT2D eigenvalue weighted by Crippen LogP contribution is 1.96. The van der Waals surface area contributed by atoms with Crippen molar-refractivity contribution >= 4 is 5.97 Å². The second-order valence-electron chi connectivity index (χ2n) is 3.08. The summed E-state index contributed by atoms with van der Waals surface area (Å²) in [6.45, 7) is 4.59. The fraction of sp³-hybridized carbons (Fsp3) is 0.500. The number of aromatic amines is 1. The van der Waals surface area contributed by atoms with Gasteiger partial charge in [0.25, 0.3) is 0 Å². The van der Waals surface area contributed by atoms with Crippen LogP contribution in [0.3, 0.4) is 0 Å². The molecule has 0 saturated heterocycles. The van der Waals surface area contributed by atoms with Crippen molar-refractivity contribution in [3.05, 3.63) is 17.7 Å². The molecule has 0 aliphatic rings. The first-order chi connectivity index (χ1) is 6.09. The molecule has 0 amide bonds. The SMILES string of the molecule is CC(C)NCc1ncc(C(=O)O)[nH]1. The minimum absolute atomic E-state index is 0.126. The molecule has 0 bridgehead atoms. The van der Waals surface area contributed by atoms with Crippen LogP contribution in [0.2, 0.25) is 0 Å². The van der Waals surface area contributed by atoms with E-state index >= 15 is 0 Å². The van der Waals surface area contributed by atoms with Crippen molar-refractivity contribution in [2.24, 2.45) is 0 Å². The highest BCUT2D eigenvalue weighted by molar-refractivity contribution is 5.84. The van der Waals surface area contributed by atoms with Crippen molar-refractivity contribution in [3.8, 4) is 0 Å². The maximum Gasteiger partial charge on any atom is 0.353 e. The molecular weight excluding hydrogens is 170 g/mol. The molecule has 5 heteroatoms. The molecule has 0 fully saturated rings. The Bertz CT molecular complexity index is 293. The van der Waals surface area contributed by atoms with E-state index in [0.29, 0.717) is 18.4 Å². The molecule has 5 nitrogen and oxygen atoms in total. The molecule has 0 radical (unpaired) electrons. The molecule has 1 heterocycles. The van der Waals surface area contributed by atoms with E-state index < -0.39 is 5.97 Å². The Morgan fingerprint density at radius 2 is 2.46 bits per heavy atom. The lowest BCUT2D eigenvalue weighted by Crippen LogP contribution is -2.22. The summed E-state index contributed by atoms with van der Waals surface area (Å²) in [4.78, 5) is 17.1. The fourth-order valence-corrected chi connectivity index (χ4v) is 0.862. The first-order valence-corrected chi connectivity index (χ1v) is 4.10. The standard InChI is InChI=1S/C8H13N3O2/c1-5(2)9-4-7-10-3-6(11-7)8(12)13/h3,5,9H,4H2,1-2H3,(H,10,11)(H,12,13). The summed E-state index contributed by atoms with van der Waals surface area (Å²) in [5.74, 6) is -0.339. The largest absolute Gasteiger partial charge is 0.477 e. The van der Waals surface area contributed by atoms with E-state index in [0.717, 1.165) is 0 Å². The summed E-state index contributed by atoms with van der Waals surface area (Å²) in [7, 11) is 0. The van der Waals surface area contributed by atoms with Crippen molar-refractivity contribution in [2.45, 2.75) is 26.4 Å². The van der Waals surface area contributed by atoms with Crippen LogP contribution >= 0.6 is 0 Å². The summed E-state index contributed by atoms with van der Waals surface area (Å²) in [6.07, 6.45) is 1.32. The van der Waals surface area contributed by atoms with Crippen LogP contribution in [0.1, 0.15) is 30.2 Å². The Balaban J connectivity index is 2.54. The zero-order valence-electron chi connectivity index (χ0n) is 7.66. The van der Waals surface area contributed by atoms with Crippen LogP contribution < -0.4 is 5.32 Å². The molecule has 0 aromatic carbocycles.